The summed E-state index contributed by atoms with van der Waals surface area (Å²) in [4.78, 5) is 28.9. The third-order valence-electron chi connectivity index (χ3n) is 4.30. The van der Waals surface area contributed by atoms with Gasteiger partial charge in [-0.05, 0) is 37.5 Å². The zero-order chi connectivity index (χ0) is 19.2. The van der Waals surface area contributed by atoms with Crippen LogP contribution in [0.4, 0.5) is 5.69 Å². The van der Waals surface area contributed by atoms with Gasteiger partial charge in [-0.15, -0.1) is 0 Å². The number of carbonyl (C=O) groups excluding carboxylic acids is 2. The van der Waals surface area contributed by atoms with E-state index in [1.54, 1.807) is 0 Å². The number of amidine groups is 1. The van der Waals surface area contributed by atoms with Crippen molar-refractivity contribution in [2.75, 3.05) is 11.9 Å². The van der Waals surface area contributed by atoms with Gasteiger partial charge in [0.1, 0.15) is 5.25 Å². The molecule has 3 rings (SSSR count). The topological polar surface area (TPSA) is 70.6 Å². The van der Waals surface area contributed by atoms with E-state index in [0.29, 0.717) is 11.7 Å². The summed E-state index contributed by atoms with van der Waals surface area (Å²) in [6.07, 6.45) is 0.945. The molecule has 2 aromatic carbocycles. The highest BCUT2D eigenvalue weighted by atomic mass is 32.2. The molecule has 1 aliphatic heterocycles. The van der Waals surface area contributed by atoms with Crippen LogP contribution in [0.5, 0.6) is 0 Å². The Kier molecular flexibility index (Phi) is 6.29. The summed E-state index contributed by atoms with van der Waals surface area (Å²) in [6, 6.07) is 16.0. The molecule has 0 spiro atoms. The van der Waals surface area contributed by atoms with E-state index in [1.165, 1.54) is 17.3 Å². The Morgan fingerprint density at radius 3 is 2.70 bits per heavy atom. The van der Waals surface area contributed by atoms with Crippen molar-refractivity contribution in [2.24, 2.45) is 4.99 Å². The number of anilines is 1. The lowest BCUT2D eigenvalue weighted by atomic mass is 10.1. The fourth-order valence-corrected chi connectivity index (χ4v) is 3.86. The van der Waals surface area contributed by atoms with E-state index in [9.17, 15) is 9.59 Å². The number of nitrogens with zero attached hydrogens (tertiary/aromatic N) is 1. The highest BCUT2D eigenvalue weighted by molar-refractivity contribution is 8.15. The highest BCUT2D eigenvalue weighted by Gasteiger charge is 2.32. The molecule has 0 unspecified atom stereocenters. The van der Waals surface area contributed by atoms with Crippen molar-refractivity contribution < 1.29 is 9.59 Å². The number of aliphatic imine (C=N–C) groups is 1. The summed E-state index contributed by atoms with van der Waals surface area (Å²) < 4.78 is 0. The smallest absolute Gasteiger partial charge is 0.240 e. The third kappa shape index (κ3) is 5.44. The average molecular weight is 382 g/mol. The second-order valence-corrected chi connectivity index (χ2v) is 7.78. The molecule has 0 aliphatic carbocycles. The SMILES string of the molecule is Cc1ccc(NC(=O)C[C@@H]2SC(=NCCc3ccccc3)NC2=O)c(C)c1. The van der Waals surface area contributed by atoms with Gasteiger partial charge in [0.05, 0.1) is 0 Å². The Morgan fingerprint density at radius 1 is 1.19 bits per heavy atom. The van der Waals surface area contributed by atoms with Crippen molar-refractivity contribution in [1.82, 2.24) is 5.32 Å². The number of amides is 2. The molecule has 27 heavy (non-hydrogen) atoms. The van der Waals surface area contributed by atoms with Gasteiger partial charge in [0.25, 0.3) is 0 Å². The normalized spacial score (nSPS) is 17.8. The van der Waals surface area contributed by atoms with Crippen LogP contribution in [-0.2, 0) is 16.0 Å². The van der Waals surface area contributed by atoms with E-state index >= 15 is 0 Å². The van der Waals surface area contributed by atoms with E-state index in [0.717, 1.165) is 23.2 Å². The maximum atomic E-state index is 12.3. The van der Waals surface area contributed by atoms with Crippen molar-refractivity contribution in [3.63, 3.8) is 0 Å². The van der Waals surface area contributed by atoms with Crippen LogP contribution in [0, 0.1) is 13.8 Å². The second kappa shape index (κ2) is 8.86. The van der Waals surface area contributed by atoms with Crippen molar-refractivity contribution >= 4 is 34.4 Å². The first-order chi connectivity index (χ1) is 13.0. The van der Waals surface area contributed by atoms with Gasteiger partial charge in [0.2, 0.25) is 11.8 Å². The summed E-state index contributed by atoms with van der Waals surface area (Å²) in [5.74, 6) is -0.325. The van der Waals surface area contributed by atoms with E-state index in [1.807, 2.05) is 50.2 Å². The molecule has 0 radical (unpaired) electrons. The van der Waals surface area contributed by atoms with Crippen LogP contribution in [0.1, 0.15) is 23.1 Å². The van der Waals surface area contributed by atoms with Crippen LogP contribution >= 0.6 is 11.8 Å². The first-order valence-corrected chi connectivity index (χ1v) is 9.82. The number of rotatable bonds is 6. The van der Waals surface area contributed by atoms with Crippen LogP contribution in [-0.4, -0.2) is 28.8 Å². The predicted molar refractivity (Wildman–Crippen MR) is 111 cm³/mol. The monoisotopic (exact) mass is 381 g/mol. The lowest BCUT2D eigenvalue weighted by molar-refractivity contribution is -0.122. The number of aryl methyl sites for hydroxylation is 2. The van der Waals surface area contributed by atoms with E-state index in [-0.39, 0.29) is 18.2 Å². The first kappa shape index (κ1) is 19.2. The van der Waals surface area contributed by atoms with Crippen LogP contribution < -0.4 is 10.6 Å². The summed E-state index contributed by atoms with van der Waals surface area (Å²) in [5, 5.41) is 5.82. The van der Waals surface area contributed by atoms with Crippen LogP contribution in [0.3, 0.4) is 0 Å². The Bertz CT molecular complexity index is 865. The van der Waals surface area contributed by atoms with Gasteiger partial charge in [0, 0.05) is 18.7 Å². The Hall–Kier alpha value is -2.60. The fourth-order valence-electron chi connectivity index (χ4n) is 2.87. The van der Waals surface area contributed by atoms with Gasteiger partial charge >= 0.3 is 0 Å². The molecule has 0 aromatic heterocycles. The number of hydrogen-bond donors (Lipinski definition) is 2. The minimum absolute atomic E-state index is 0.127. The summed E-state index contributed by atoms with van der Waals surface area (Å²) in [5.41, 5.74) is 4.15. The molecule has 1 atom stereocenters. The lowest BCUT2D eigenvalue weighted by Crippen LogP contribution is -2.28. The molecule has 2 N–H and O–H groups in total. The standard InChI is InChI=1S/C21H23N3O2S/c1-14-8-9-17(15(2)12-14)23-19(25)13-18-20(26)24-21(27-18)22-11-10-16-6-4-3-5-7-16/h3-9,12,18H,10-11,13H2,1-2H3,(H,23,25)(H,22,24,26)/t18-/m0/s1. The molecular weight excluding hydrogens is 358 g/mol. The van der Waals surface area contributed by atoms with Crippen molar-refractivity contribution in [1.29, 1.82) is 0 Å². The van der Waals surface area contributed by atoms with E-state index in [2.05, 4.69) is 27.8 Å². The maximum absolute atomic E-state index is 12.3. The molecule has 1 saturated heterocycles. The average Bonchev–Trinajstić information content (AvgIpc) is 2.98. The molecule has 1 fully saturated rings. The zero-order valence-electron chi connectivity index (χ0n) is 15.5. The Morgan fingerprint density at radius 2 is 1.96 bits per heavy atom. The molecule has 2 amide bonds. The summed E-state index contributed by atoms with van der Waals surface area (Å²) in [6.45, 7) is 4.57. The summed E-state index contributed by atoms with van der Waals surface area (Å²) in [7, 11) is 0. The molecule has 5 nitrogen and oxygen atoms in total. The largest absolute Gasteiger partial charge is 0.326 e. The van der Waals surface area contributed by atoms with Gasteiger partial charge in [-0.1, -0.05) is 59.8 Å². The van der Waals surface area contributed by atoms with Gasteiger partial charge in [-0.3, -0.25) is 14.6 Å². The van der Waals surface area contributed by atoms with Gasteiger partial charge in [-0.2, -0.15) is 0 Å². The zero-order valence-corrected chi connectivity index (χ0v) is 16.3. The lowest BCUT2D eigenvalue weighted by Gasteiger charge is -2.10. The molecule has 2 aromatic rings. The molecule has 140 valence electrons. The van der Waals surface area contributed by atoms with Crippen LogP contribution in [0.25, 0.3) is 0 Å². The Balaban J connectivity index is 1.51. The number of carbonyl (C=O) groups is 2. The minimum Gasteiger partial charge on any atom is -0.326 e. The summed E-state index contributed by atoms with van der Waals surface area (Å²) >= 11 is 1.33. The maximum Gasteiger partial charge on any atom is 0.240 e. The first-order valence-electron chi connectivity index (χ1n) is 8.94. The number of nitrogens with one attached hydrogen (secondary N) is 2. The van der Waals surface area contributed by atoms with Gasteiger partial charge in [0.15, 0.2) is 5.17 Å². The van der Waals surface area contributed by atoms with Crippen LogP contribution in [0.15, 0.2) is 53.5 Å². The van der Waals surface area contributed by atoms with Gasteiger partial charge < -0.3 is 10.6 Å². The van der Waals surface area contributed by atoms with Crippen molar-refractivity contribution in [2.45, 2.75) is 31.9 Å². The van der Waals surface area contributed by atoms with E-state index in [4.69, 9.17) is 0 Å². The second-order valence-electron chi connectivity index (χ2n) is 6.59. The highest BCUT2D eigenvalue weighted by Crippen LogP contribution is 2.24. The van der Waals surface area contributed by atoms with Crippen LogP contribution in [0.2, 0.25) is 0 Å². The fraction of sp³-hybridized carbons (Fsp3) is 0.286. The van der Waals surface area contributed by atoms with Gasteiger partial charge in [-0.25, -0.2) is 0 Å². The molecule has 1 aliphatic rings. The van der Waals surface area contributed by atoms with Crippen molar-refractivity contribution in [3.05, 3.63) is 65.2 Å². The quantitative estimate of drug-likeness (QED) is 0.805. The minimum atomic E-state index is -0.439. The molecule has 0 saturated carbocycles. The number of hydrogen-bond acceptors (Lipinski definition) is 4. The Labute approximate surface area is 163 Å². The number of benzene rings is 2. The third-order valence-corrected chi connectivity index (χ3v) is 5.42. The molecular formula is C21H23N3O2S. The molecule has 0 bridgehead atoms. The molecule has 6 heteroatoms. The number of thioether (sulfide) groups is 1. The van der Waals surface area contributed by atoms with Crippen molar-refractivity contribution in [3.8, 4) is 0 Å². The van der Waals surface area contributed by atoms with E-state index < -0.39 is 5.25 Å². The molecule has 1 heterocycles. The predicted octanol–water partition coefficient (Wildman–Crippen LogP) is 3.46.